The van der Waals surface area contributed by atoms with Crippen molar-refractivity contribution in [3.05, 3.63) is 56.7 Å². The van der Waals surface area contributed by atoms with Gasteiger partial charge in [0.1, 0.15) is 17.2 Å². The number of carbonyl (C=O) groups is 1. The summed E-state index contributed by atoms with van der Waals surface area (Å²) in [6.07, 6.45) is 1.65. The molecule has 2 rings (SSSR count). The van der Waals surface area contributed by atoms with E-state index >= 15 is 0 Å². The Kier molecular flexibility index (Phi) is 4.96. The second-order valence-corrected chi connectivity index (χ2v) is 5.76. The normalized spacial score (nSPS) is 11.1. The maximum absolute atomic E-state index is 13.1. The largest absolute Gasteiger partial charge is 0.459 e. The molecule has 0 saturated carbocycles. The van der Waals surface area contributed by atoms with E-state index in [1.165, 1.54) is 16.8 Å². The van der Waals surface area contributed by atoms with Crippen molar-refractivity contribution in [1.82, 2.24) is 14.1 Å². The molecule has 7 nitrogen and oxygen atoms in total. The van der Waals surface area contributed by atoms with Crippen molar-refractivity contribution >= 4 is 5.97 Å². The smallest absolute Gasteiger partial charge is 0.345 e. The second-order valence-electron chi connectivity index (χ2n) is 5.76. The Hall–Kier alpha value is -2.77. The molecule has 0 N–H and O–H groups in total. The molecule has 2 aromatic heterocycles. The average Bonchev–Trinajstić information content (AvgIpc) is 2.48. The SMILES string of the molecule is CC(C)OC(=O)c1cn(C(C)C)c(=O)n(-c2ccc(F)cn2)c1=O. The molecule has 0 radical (unpaired) electrons. The number of rotatable bonds is 4. The van der Waals surface area contributed by atoms with Gasteiger partial charge in [0.15, 0.2) is 0 Å². The highest BCUT2D eigenvalue weighted by molar-refractivity contribution is 5.88. The first-order chi connectivity index (χ1) is 11.2. The number of ether oxygens (including phenoxy) is 1. The van der Waals surface area contributed by atoms with Gasteiger partial charge in [-0.25, -0.2) is 23.5 Å². The van der Waals surface area contributed by atoms with E-state index in [0.29, 0.717) is 0 Å². The fourth-order valence-electron chi connectivity index (χ4n) is 2.06. The number of hydrogen-bond donors (Lipinski definition) is 0. The van der Waals surface area contributed by atoms with Crippen LogP contribution in [0.4, 0.5) is 4.39 Å². The molecule has 0 aliphatic carbocycles. The molecule has 2 aromatic rings. The van der Waals surface area contributed by atoms with Crippen molar-refractivity contribution in [1.29, 1.82) is 0 Å². The molecule has 0 aliphatic rings. The molecular formula is C16H18FN3O4. The van der Waals surface area contributed by atoms with Crippen molar-refractivity contribution in [3.8, 4) is 5.82 Å². The van der Waals surface area contributed by atoms with Crippen LogP contribution in [0.25, 0.3) is 5.82 Å². The summed E-state index contributed by atoms with van der Waals surface area (Å²) in [6, 6.07) is 1.96. The number of halogens is 1. The number of nitrogens with zero attached hydrogens (tertiary/aromatic N) is 3. The van der Waals surface area contributed by atoms with E-state index in [1.807, 2.05) is 0 Å². The van der Waals surface area contributed by atoms with Gasteiger partial charge in [-0.05, 0) is 39.8 Å². The Morgan fingerprint density at radius 3 is 2.38 bits per heavy atom. The minimum atomic E-state index is -0.860. The molecule has 0 fully saturated rings. The van der Waals surface area contributed by atoms with Crippen LogP contribution in [0.3, 0.4) is 0 Å². The van der Waals surface area contributed by atoms with Gasteiger partial charge in [0.05, 0.1) is 12.3 Å². The summed E-state index contributed by atoms with van der Waals surface area (Å²) < 4.78 is 20.1. The van der Waals surface area contributed by atoms with Gasteiger partial charge >= 0.3 is 11.7 Å². The summed E-state index contributed by atoms with van der Waals surface area (Å²) in [5.41, 5.74) is -1.82. The van der Waals surface area contributed by atoms with E-state index in [4.69, 9.17) is 4.74 Å². The average molecular weight is 335 g/mol. The maximum Gasteiger partial charge on any atom is 0.345 e. The van der Waals surface area contributed by atoms with Crippen LogP contribution in [-0.4, -0.2) is 26.2 Å². The molecule has 8 heteroatoms. The molecule has 0 saturated heterocycles. The third kappa shape index (κ3) is 3.42. The van der Waals surface area contributed by atoms with Crippen molar-refractivity contribution in [2.24, 2.45) is 0 Å². The Morgan fingerprint density at radius 2 is 1.88 bits per heavy atom. The molecule has 0 aromatic carbocycles. The first-order valence-electron chi connectivity index (χ1n) is 7.43. The lowest BCUT2D eigenvalue weighted by Gasteiger charge is -2.15. The van der Waals surface area contributed by atoms with Gasteiger partial charge in [-0.15, -0.1) is 0 Å². The summed E-state index contributed by atoms with van der Waals surface area (Å²) in [6.45, 7) is 6.75. The van der Waals surface area contributed by atoms with Crippen molar-refractivity contribution in [3.63, 3.8) is 0 Å². The van der Waals surface area contributed by atoms with Crippen LogP contribution < -0.4 is 11.2 Å². The van der Waals surface area contributed by atoms with Gasteiger partial charge in [0.2, 0.25) is 0 Å². The molecule has 24 heavy (non-hydrogen) atoms. The lowest BCUT2D eigenvalue weighted by Crippen LogP contribution is -2.42. The maximum atomic E-state index is 13.1. The van der Waals surface area contributed by atoms with E-state index in [9.17, 15) is 18.8 Å². The van der Waals surface area contributed by atoms with Gasteiger partial charge in [0.25, 0.3) is 5.56 Å². The van der Waals surface area contributed by atoms with E-state index in [1.54, 1.807) is 27.7 Å². The highest BCUT2D eigenvalue weighted by atomic mass is 19.1. The van der Waals surface area contributed by atoms with E-state index in [0.717, 1.165) is 16.8 Å². The highest BCUT2D eigenvalue weighted by Crippen LogP contribution is 2.06. The molecule has 0 atom stereocenters. The standard InChI is InChI=1S/C16H18FN3O4/c1-9(2)19-8-12(15(22)24-10(3)4)14(21)20(16(19)23)13-6-5-11(17)7-18-13/h5-10H,1-4H3. The third-order valence-corrected chi connectivity index (χ3v) is 3.17. The Bertz CT molecular complexity index is 866. The fraction of sp³-hybridized carbons (Fsp3) is 0.375. The summed E-state index contributed by atoms with van der Waals surface area (Å²) in [5.74, 6) is -1.51. The van der Waals surface area contributed by atoms with Crippen molar-refractivity contribution in [2.75, 3.05) is 0 Å². The summed E-state index contributed by atoms with van der Waals surface area (Å²) in [7, 11) is 0. The van der Waals surface area contributed by atoms with Crippen molar-refractivity contribution < 1.29 is 13.9 Å². The Balaban J connectivity index is 2.76. The van der Waals surface area contributed by atoms with Gasteiger partial charge in [0, 0.05) is 12.2 Å². The predicted octanol–water partition coefficient (Wildman–Crippen LogP) is 1.68. The highest BCUT2D eigenvalue weighted by Gasteiger charge is 2.21. The molecule has 0 bridgehead atoms. The summed E-state index contributed by atoms with van der Waals surface area (Å²) in [5, 5.41) is 0. The topological polar surface area (TPSA) is 83.2 Å². The predicted molar refractivity (Wildman–Crippen MR) is 85.0 cm³/mol. The number of pyridine rings is 1. The van der Waals surface area contributed by atoms with Crippen molar-refractivity contribution in [2.45, 2.75) is 39.8 Å². The molecule has 0 aliphatic heterocycles. The zero-order valence-electron chi connectivity index (χ0n) is 13.8. The third-order valence-electron chi connectivity index (χ3n) is 3.17. The summed E-state index contributed by atoms with van der Waals surface area (Å²) >= 11 is 0. The Morgan fingerprint density at radius 1 is 1.21 bits per heavy atom. The first-order valence-corrected chi connectivity index (χ1v) is 7.43. The van der Waals surface area contributed by atoms with Gasteiger partial charge in [-0.2, -0.15) is 0 Å². The number of hydrogen-bond acceptors (Lipinski definition) is 5. The van der Waals surface area contributed by atoms with E-state index in [-0.39, 0.29) is 17.4 Å². The van der Waals surface area contributed by atoms with Crippen LogP contribution in [0.1, 0.15) is 44.1 Å². The monoisotopic (exact) mass is 335 g/mol. The van der Waals surface area contributed by atoms with Crippen LogP contribution in [0.2, 0.25) is 0 Å². The van der Waals surface area contributed by atoms with Gasteiger partial charge in [-0.1, -0.05) is 0 Å². The molecular weight excluding hydrogens is 317 g/mol. The van der Waals surface area contributed by atoms with Crippen LogP contribution in [0, 0.1) is 5.82 Å². The number of carbonyl (C=O) groups excluding carboxylic acids is 1. The first kappa shape index (κ1) is 17.6. The van der Waals surface area contributed by atoms with Crippen LogP contribution >= 0.6 is 0 Å². The molecule has 0 amide bonds. The lowest BCUT2D eigenvalue weighted by atomic mass is 10.3. The number of aromatic nitrogens is 3. The zero-order chi connectivity index (χ0) is 18.0. The van der Waals surface area contributed by atoms with Gasteiger partial charge < -0.3 is 4.74 Å². The van der Waals surface area contributed by atoms with Crippen LogP contribution in [-0.2, 0) is 4.74 Å². The Labute approximate surface area is 137 Å². The molecule has 0 spiro atoms. The van der Waals surface area contributed by atoms with Crippen LogP contribution in [0.15, 0.2) is 34.1 Å². The molecule has 128 valence electrons. The zero-order valence-corrected chi connectivity index (χ0v) is 13.8. The molecule has 2 heterocycles. The van der Waals surface area contributed by atoms with Gasteiger partial charge in [-0.3, -0.25) is 9.36 Å². The van der Waals surface area contributed by atoms with E-state index in [2.05, 4.69) is 4.98 Å². The quantitative estimate of drug-likeness (QED) is 0.794. The number of esters is 1. The second kappa shape index (κ2) is 6.77. The summed E-state index contributed by atoms with van der Waals surface area (Å²) in [4.78, 5) is 41.1. The minimum Gasteiger partial charge on any atom is -0.459 e. The fourth-order valence-corrected chi connectivity index (χ4v) is 2.06. The molecule has 0 unspecified atom stereocenters. The lowest BCUT2D eigenvalue weighted by molar-refractivity contribution is 0.0374. The van der Waals surface area contributed by atoms with E-state index < -0.39 is 29.1 Å². The minimum absolute atomic E-state index is 0.0694. The van der Waals surface area contributed by atoms with Crippen LogP contribution in [0.5, 0.6) is 0 Å².